The summed E-state index contributed by atoms with van der Waals surface area (Å²) in [5.41, 5.74) is 0. The highest BCUT2D eigenvalue weighted by Gasteiger charge is 2.23. The van der Waals surface area contributed by atoms with Crippen molar-refractivity contribution in [3.63, 3.8) is 0 Å². The van der Waals surface area contributed by atoms with E-state index in [9.17, 15) is 5.26 Å². The molecule has 0 radical (unpaired) electrons. The lowest BCUT2D eigenvalue weighted by molar-refractivity contribution is 0.479. The summed E-state index contributed by atoms with van der Waals surface area (Å²) in [6.45, 7) is 0. The fourth-order valence-corrected chi connectivity index (χ4v) is 3.73. The Labute approximate surface area is 119 Å². The minimum absolute atomic E-state index is 0.0873. The summed E-state index contributed by atoms with van der Waals surface area (Å²) >= 11 is 7.57. The van der Waals surface area contributed by atoms with E-state index in [1.807, 2.05) is 24.3 Å². The first kappa shape index (κ1) is 13.8. The van der Waals surface area contributed by atoms with Crippen LogP contribution >= 0.6 is 23.4 Å². The third-order valence-electron chi connectivity index (χ3n) is 3.53. The van der Waals surface area contributed by atoms with Gasteiger partial charge >= 0.3 is 0 Å². The van der Waals surface area contributed by atoms with E-state index in [1.165, 1.54) is 38.5 Å². The number of nitriles is 1. The Bertz CT molecular complexity index is 401. The molecule has 3 heteroatoms. The second-order valence-electron chi connectivity index (χ2n) is 4.87. The van der Waals surface area contributed by atoms with Crippen molar-refractivity contribution in [3.05, 3.63) is 29.3 Å². The van der Waals surface area contributed by atoms with Crippen LogP contribution in [0.15, 0.2) is 29.2 Å². The minimum atomic E-state index is 0.0873. The maximum Gasteiger partial charge on any atom is 0.0991 e. The smallest absolute Gasteiger partial charge is 0.0991 e. The Morgan fingerprint density at radius 3 is 2.28 bits per heavy atom. The summed E-state index contributed by atoms with van der Waals surface area (Å²) in [6, 6.07) is 10.3. The third kappa shape index (κ3) is 3.93. The molecule has 2 rings (SSSR count). The van der Waals surface area contributed by atoms with Crippen molar-refractivity contribution in [1.82, 2.24) is 0 Å². The molecule has 18 heavy (non-hydrogen) atoms. The Morgan fingerprint density at radius 1 is 1.11 bits per heavy atom. The van der Waals surface area contributed by atoms with Crippen LogP contribution in [0.4, 0.5) is 0 Å². The normalized spacial score (nSPS) is 18.9. The molecule has 1 aromatic carbocycles. The van der Waals surface area contributed by atoms with Crippen molar-refractivity contribution in [1.29, 1.82) is 5.26 Å². The Hall–Kier alpha value is -0.650. The van der Waals surface area contributed by atoms with Gasteiger partial charge in [-0.3, -0.25) is 0 Å². The summed E-state index contributed by atoms with van der Waals surface area (Å²) < 4.78 is 0. The van der Waals surface area contributed by atoms with Gasteiger partial charge in [0.2, 0.25) is 0 Å². The van der Waals surface area contributed by atoms with E-state index < -0.39 is 0 Å². The van der Waals surface area contributed by atoms with E-state index >= 15 is 0 Å². The predicted octanol–water partition coefficient (Wildman–Crippen LogP) is 5.29. The summed E-state index contributed by atoms with van der Waals surface area (Å²) in [6.07, 6.45) is 7.65. The molecule has 1 aliphatic rings. The fraction of sp³-hybridized carbons (Fsp3) is 0.533. The van der Waals surface area contributed by atoms with Crippen LogP contribution in [-0.4, -0.2) is 5.25 Å². The van der Waals surface area contributed by atoms with Crippen LogP contribution in [0.3, 0.4) is 0 Å². The van der Waals surface area contributed by atoms with E-state index in [0.717, 1.165) is 9.92 Å². The van der Waals surface area contributed by atoms with Crippen LogP contribution in [0.5, 0.6) is 0 Å². The number of hydrogen-bond donors (Lipinski definition) is 0. The van der Waals surface area contributed by atoms with Gasteiger partial charge in [0.05, 0.1) is 11.3 Å². The van der Waals surface area contributed by atoms with E-state index in [1.54, 1.807) is 11.8 Å². The zero-order chi connectivity index (χ0) is 12.8. The lowest BCUT2D eigenvalue weighted by Gasteiger charge is -2.19. The highest BCUT2D eigenvalue weighted by atomic mass is 35.5. The van der Waals surface area contributed by atoms with Crippen molar-refractivity contribution in [2.45, 2.75) is 48.7 Å². The number of halogens is 1. The zero-order valence-electron chi connectivity index (χ0n) is 10.4. The lowest BCUT2D eigenvalue weighted by Crippen LogP contribution is -2.14. The first-order valence-corrected chi connectivity index (χ1v) is 7.87. The van der Waals surface area contributed by atoms with Crippen LogP contribution in [0.25, 0.3) is 0 Å². The molecule has 0 amide bonds. The predicted molar refractivity (Wildman–Crippen MR) is 77.9 cm³/mol. The molecule has 96 valence electrons. The van der Waals surface area contributed by atoms with Crippen LogP contribution in [0.1, 0.15) is 38.5 Å². The van der Waals surface area contributed by atoms with Gasteiger partial charge in [-0.2, -0.15) is 5.26 Å². The van der Waals surface area contributed by atoms with Gasteiger partial charge in [-0.25, -0.2) is 0 Å². The maximum absolute atomic E-state index is 9.39. The van der Waals surface area contributed by atoms with Gasteiger partial charge in [0, 0.05) is 9.92 Å². The summed E-state index contributed by atoms with van der Waals surface area (Å²) in [7, 11) is 0. The largest absolute Gasteiger partial charge is 0.197 e. The van der Waals surface area contributed by atoms with Crippen molar-refractivity contribution in [2.75, 3.05) is 0 Å². The van der Waals surface area contributed by atoms with Crippen molar-refractivity contribution in [2.24, 2.45) is 5.92 Å². The van der Waals surface area contributed by atoms with Crippen molar-refractivity contribution >= 4 is 23.4 Å². The van der Waals surface area contributed by atoms with Crippen molar-refractivity contribution < 1.29 is 0 Å². The molecule has 1 aliphatic carbocycles. The van der Waals surface area contributed by atoms with E-state index in [4.69, 9.17) is 11.6 Å². The van der Waals surface area contributed by atoms with Gasteiger partial charge in [-0.15, -0.1) is 11.8 Å². The van der Waals surface area contributed by atoms with Gasteiger partial charge < -0.3 is 0 Å². The molecule has 0 spiro atoms. The molecule has 0 N–H and O–H groups in total. The molecular formula is C15H18ClNS. The monoisotopic (exact) mass is 279 g/mol. The highest BCUT2D eigenvalue weighted by molar-refractivity contribution is 8.00. The molecule has 1 unspecified atom stereocenters. The molecule has 0 aromatic heterocycles. The Kier molecular flexibility index (Phi) is 5.41. The average molecular weight is 280 g/mol. The van der Waals surface area contributed by atoms with Gasteiger partial charge in [-0.05, 0) is 43.0 Å². The van der Waals surface area contributed by atoms with E-state index in [0.29, 0.717) is 5.92 Å². The highest BCUT2D eigenvalue weighted by Crippen LogP contribution is 2.35. The topological polar surface area (TPSA) is 23.8 Å². The van der Waals surface area contributed by atoms with Gasteiger partial charge in [0.15, 0.2) is 0 Å². The Morgan fingerprint density at radius 2 is 1.72 bits per heavy atom. The fourth-order valence-electron chi connectivity index (χ4n) is 2.50. The van der Waals surface area contributed by atoms with Crippen molar-refractivity contribution in [3.8, 4) is 6.07 Å². The zero-order valence-corrected chi connectivity index (χ0v) is 12.0. The molecule has 1 saturated carbocycles. The molecule has 0 bridgehead atoms. The molecule has 1 atom stereocenters. The Balaban J connectivity index is 2.00. The van der Waals surface area contributed by atoms with Gasteiger partial charge in [0.1, 0.15) is 0 Å². The lowest BCUT2D eigenvalue weighted by atomic mass is 9.97. The molecule has 1 fully saturated rings. The standard InChI is InChI=1S/C15H18ClNS/c16-13-7-9-14(10-8-13)18-15(11-17)12-5-3-1-2-4-6-12/h7-10,12,15H,1-6H2. The quantitative estimate of drug-likeness (QED) is 0.554. The van der Waals surface area contributed by atoms with Crippen LogP contribution in [0.2, 0.25) is 5.02 Å². The summed E-state index contributed by atoms with van der Waals surface area (Å²) in [5.74, 6) is 0.554. The molecule has 1 nitrogen and oxygen atoms in total. The molecule has 0 heterocycles. The molecule has 1 aromatic rings. The molecule has 0 saturated heterocycles. The number of thioether (sulfide) groups is 1. The number of rotatable bonds is 3. The average Bonchev–Trinajstić information content (AvgIpc) is 2.67. The van der Waals surface area contributed by atoms with Crippen LogP contribution in [-0.2, 0) is 0 Å². The number of nitrogens with zero attached hydrogens (tertiary/aromatic N) is 1. The van der Waals surface area contributed by atoms with Gasteiger partial charge in [0.25, 0.3) is 0 Å². The SMILES string of the molecule is N#CC(Sc1ccc(Cl)cc1)C1CCCCCC1. The number of benzene rings is 1. The van der Waals surface area contributed by atoms with E-state index in [-0.39, 0.29) is 5.25 Å². The summed E-state index contributed by atoms with van der Waals surface area (Å²) in [4.78, 5) is 1.15. The van der Waals surface area contributed by atoms with Crippen LogP contribution < -0.4 is 0 Å². The minimum Gasteiger partial charge on any atom is -0.197 e. The number of hydrogen-bond acceptors (Lipinski definition) is 2. The summed E-state index contributed by atoms with van der Waals surface area (Å²) in [5, 5.41) is 10.2. The first-order chi connectivity index (χ1) is 8.79. The second-order valence-corrected chi connectivity index (χ2v) is 6.52. The van der Waals surface area contributed by atoms with Crippen LogP contribution in [0, 0.1) is 17.2 Å². The molecular weight excluding hydrogens is 262 g/mol. The maximum atomic E-state index is 9.39. The van der Waals surface area contributed by atoms with Gasteiger partial charge in [-0.1, -0.05) is 37.3 Å². The second kappa shape index (κ2) is 7.07. The third-order valence-corrected chi connectivity index (χ3v) is 5.07. The molecule has 0 aliphatic heterocycles. The van der Waals surface area contributed by atoms with E-state index in [2.05, 4.69) is 6.07 Å². The first-order valence-electron chi connectivity index (χ1n) is 6.61.